The van der Waals surface area contributed by atoms with Crippen LogP contribution in [0, 0.1) is 10.5 Å². The lowest BCUT2D eigenvalue weighted by molar-refractivity contribution is -0.139. The molecule has 1 aliphatic rings. The van der Waals surface area contributed by atoms with Gasteiger partial charge in [0.15, 0.2) is 4.80 Å². The van der Waals surface area contributed by atoms with Crippen LogP contribution in [0.2, 0.25) is 5.02 Å². The molecule has 6 nitrogen and oxygen atoms in total. The van der Waals surface area contributed by atoms with Gasteiger partial charge in [-0.15, -0.1) is 0 Å². The summed E-state index contributed by atoms with van der Waals surface area (Å²) in [6.07, 6.45) is 1.85. The first-order valence-corrected chi connectivity index (χ1v) is 15.0. The van der Waals surface area contributed by atoms with Gasteiger partial charge in [-0.2, -0.15) is 0 Å². The van der Waals surface area contributed by atoms with E-state index in [1.165, 1.54) is 11.3 Å². The van der Waals surface area contributed by atoms with Gasteiger partial charge in [0.1, 0.15) is 12.4 Å². The van der Waals surface area contributed by atoms with E-state index in [0.29, 0.717) is 32.2 Å². The maximum Gasteiger partial charge on any atom is 0.338 e. The highest BCUT2D eigenvalue weighted by atomic mass is 127. The number of ether oxygens (including phenoxy) is 2. The minimum Gasteiger partial charge on any atom is -0.488 e. The van der Waals surface area contributed by atoms with Gasteiger partial charge in [-0.05, 0) is 90.4 Å². The number of fused-ring (bicyclic) bond motifs is 1. The molecule has 204 valence electrons. The summed E-state index contributed by atoms with van der Waals surface area (Å²) in [5.41, 5.74) is 4.52. The van der Waals surface area contributed by atoms with Crippen LogP contribution in [0.15, 0.2) is 87.8 Å². The number of rotatable bonds is 7. The molecule has 5 rings (SSSR count). The molecular weight excluding hydrogens is 659 g/mol. The van der Waals surface area contributed by atoms with Crippen molar-refractivity contribution < 1.29 is 14.3 Å². The Bertz CT molecular complexity index is 1790. The highest BCUT2D eigenvalue weighted by Crippen LogP contribution is 2.31. The molecule has 0 N–H and O–H groups in total. The summed E-state index contributed by atoms with van der Waals surface area (Å²) in [7, 11) is 0. The number of hydrogen-bond acceptors (Lipinski definition) is 6. The summed E-state index contributed by atoms with van der Waals surface area (Å²) in [6.45, 7) is 6.21. The number of allylic oxidation sites excluding steroid dienone is 1. The van der Waals surface area contributed by atoms with Gasteiger partial charge in [0.2, 0.25) is 0 Å². The Morgan fingerprint density at radius 1 is 1.10 bits per heavy atom. The lowest BCUT2D eigenvalue weighted by Crippen LogP contribution is -2.39. The normalized spacial score (nSPS) is 15.0. The van der Waals surface area contributed by atoms with Crippen molar-refractivity contribution in [3.8, 4) is 5.75 Å². The molecule has 40 heavy (non-hydrogen) atoms. The smallest absolute Gasteiger partial charge is 0.338 e. The maximum absolute atomic E-state index is 13.8. The van der Waals surface area contributed by atoms with E-state index in [1.54, 1.807) is 18.4 Å². The van der Waals surface area contributed by atoms with Gasteiger partial charge in [0.05, 0.1) is 32.0 Å². The molecule has 0 radical (unpaired) electrons. The lowest BCUT2D eigenvalue weighted by Gasteiger charge is -2.24. The summed E-state index contributed by atoms with van der Waals surface area (Å²) < 4.78 is 14.4. The molecule has 0 saturated heterocycles. The highest BCUT2D eigenvalue weighted by molar-refractivity contribution is 14.1. The first-order chi connectivity index (χ1) is 19.2. The minimum atomic E-state index is -0.623. The van der Waals surface area contributed by atoms with Crippen molar-refractivity contribution >= 4 is 57.6 Å². The molecule has 9 heteroatoms. The fourth-order valence-electron chi connectivity index (χ4n) is 4.47. The monoisotopic (exact) mass is 684 g/mol. The second-order valence-electron chi connectivity index (χ2n) is 9.32. The minimum absolute atomic E-state index is 0.207. The van der Waals surface area contributed by atoms with Crippen LogP contribution in [-0.4, -0.2) is 17.1 Å². The molecule has 0 bridgehead atoms. The molecule has 1 aromatic heterocycles. The van der Waals surface area contributed by atoms with Crippen molar-refractivity contribution in [1.82, 2.24) is 4.57 Å². The average molecular weight is 685 g/mol. The zero-order chi connectivity index (χ0) is 28.4. The van der Waals surface area contributed by atoms with E-state index < -0.39 is 12.0 Å². The SMILES string of the molecule is CCOC(=O)C1=C(C)N=c2s/c(=C/c3ccc(OCc4ccc(Cl)cc4)c(I)c3)c(=O)n2[C@H]1c1ccc(C)cc1. The van der Waals surface area contributed by atoms with E-state index in [0.717, 1.165) is 31.6 Å². The molecule has 1 aliphatic heterocycles. The highest BCUT2D eigenvalue weighted by Gasteiger charge is 2.33. The summed E-state index contributed by atoms with van der Waals surface area (Å²) in [5, 5.41) is 0.686. The Labute approximate surface area is 254 Å². The molecular formula is C31H26ClIN2O4S. The zero-order valence-electron chi connectivity index (χ0n) is 22.1. The molecule has 1 atom stereocenters. The average Bonchev–Trinajstić information content (AvgIpc) is 3.23. The molecule has 3 aromatic carbocycles. The van der Waals surface area contributed by atoms with E-state index >= 15 is 0 Å². The third-order valence-corrected chi connectivity index (χ3v) is 8.55. The third kappa shape index (κ3) is 5.94. The quantitative estimate of drug-likeness (QED) is 0.179. The van der Waals surface area contributed by atoms with Crippen LogP contribution in [0.3, 0.4) is 0 Å². The van der Waals surface area contributed by atoms with Crippen molar-refractivity contribution in [3.05, 3.63) is 129 Å². The number of benzene rings is 3. The van der Waals surface area contributed by atoms with E-state index in [2.05, 4.69) is 27.6 Å². The van der Waals surface area contributed by atoms with Gasteiger partial charge in [-0.25, -0.2) is 9.79 Å². The lowest BCUT2D eigenvalue weighted by atomic mass is 9.95. The van der Waals surface area contributed by atoms with Gasteiger partial charge in [-0.3, -0.25) is 9.36 Å². The second kappa shape index (κ2) is 12.1. The molecule has 0 unspecified atom stereocenters. The van der Waals surface area contributed by atoms with Gasteiger partial charge in [-0.1, -0.05) is 71.0 Å². The van der Waals surface area contributed by atoms with E-state index in [9.17, 15) is 9.59 Å². The topological polar surface area (TPSA) is 69.9 Å². The molecule has 0 fully saturated rings. The van der Waals surface area contributed by atoms with Crippen molar-refractivity contribution in [1.29, 1.82) is 0 Å². The Morgan fingerprint density at radius 3 is 2.50 bits per heavy atom. The van der Waals surface area contributed by atoms with Gasteiger partial charge >= 0.3 is 5.97 Å². The maximum atomic E-state index is 13.8. The molecule has 0 spiro atoms. The molecule has 0 amide bonds. The number of halogens is 2. The van der Waals surface area contributed by atoms with Gasteiger partial charge in [0, 0.05) is 5.02 Å². The molecule has 2 heterocycles. The number of hydrogen-bond donors (Lipinski definition) is 0. The predicted octanol–water partition coefficient (Wildman–Crippen LogP) is 5.94. The fourth-order valence-corrected chi connectivity index (χ4v) is 6.34. The summed E-state index contributed by atoms with van der Waals surface area (Å²) in [6, 6.07) is 20.6. The number of aromatic nitrogens is 1. The number of esters is 1. The molecule has 4 aromatic rings. The number of aryl methyl sites for hydroxylation is 1. The number of carbonyl (C=O) groups excluding carboxylic acids is 1. The van der Waals surface area contributed by atoms with E-state index in [1.807, 2.05) is 79.7 Å². The Kier molecular flexibility index (Phi) is 8.58. The Balaban J connectivity index is 1.51. The number of nitrogens with zero attached hydrogens (tertiary/aromatic N) is 2. The van der Waals surface area contributed by atoms with Crippen LogP contribution in [0.1, 0.15) is 42.1 Å². The van der Waals surface area contributed by atoms with Crippen LogP contribution in [-0.2, 0) is 16.1 Å². The summed E-state index contributed by atoms with van der Waals surface area (Å²) in [5.74, 6) is 0.288. The second-order valence-corrected chi connectivity index (χ2v) is 11.9. The largest absolute Gasteiger partial charge is 0.488 e. The van der Waals surface area contributed by atoms with Gasteiger partial charge < -0.3 is 9.47 Å². The van der Waals surface area contributed by atoms with Crippen LogP contribution < -0.4 is 19.6 Å². The first kappa shape index (κ1) is 28.3. The Morgan fingerprint density at radius 2 is 1.82 bits per heavy atom. The Hall–Kier alpha value is -3.21. The predicted molar refractivity (Wildman–Crippen MR) is 167 cm³/mol. The van der Waals surface area contributed by atoms with Crippen molar-refractivity contribution in [2.24, 2.45) is 4.99 Å². The third-order valence-electron chi connectivity index (χ3n) is 6.47. The van der Waals surface area contributed by atoms with Crippen molar-refractivity contribution in [2.75, 3.05) is 6.61 Å². The van der Waals surface area contributed by atoms with Gasteiger partial charge in [0.25, 0.3) is 5.56 Å². The number of thiazole rings is 1. The van der Waals surface area contributed by atoms with Crippen LogP contribution >= 0.6 is 45.5 Å². The summed E-state index contributed by atoms with van der Waals surface area (Å²) >= 11 is 9.51. The molecule has 0 saturated carbocycles. The molecule has 0 aliphatic carbocycles. The summed E-state index contributed by atoms with van der Waals surface area (Å²) in [4.78, 5) is 32.0. The van der Waals surface area contributed by atoms with Crippen LogP contribution in [0.25, 0.3) is 6.08 Å². The van der Waals surface area contributed by atoms with E-state index in [4.69, 9.17) is 21.1 Å². The van der Waals surface area contributed by atoms with Crippen LogP contribution in [0.5, 0.6) is 5.75 Å². The fraction of sp³-hybridized carbons (Fsp3) is 0.194. The van der Waals surface area contributed by atoms with Crippen molar-refractivity contribution in [2.45, 2.75) is 33.4 Å². The zero-order valence-corrected chi connectivity index (χ0v) is 25.8. The van der Waals surface area contributed by atoms with E-state index in [-0.39, 0.29) is 12.2 Å². The van der Waals surface area contributed by atoms with Crippen molar-refractivity contribution in [3.63, 3.8) is 0 Å². The number of carbonyl (C=O) groups is 1. The van der Waals surface area contributed by atoms with Crippen LogP contribution in [0.4, 0.5) is 0 Å². The standard InChI is InChI=1S/C31H26ClIN2O4S/c1-4-38-30(37)27-19(3)34-31-35(28(27)22-10-5-18(2)6-11-22)29(36)26(40-31)16-21-9-14-25(24(33)15-21)39-17-20-7-12-23(32)13-8-20/h5-16,28H,4,17H2,1-3H3/b26-16+/t28-/m0/s1. The first-order valence-electron chi connectivity index (χ1n) is 12.7.